The minimum atomic E-state index is 0.101. The molecule has 112 valence electrons. The molecule has 1 aliphatic rings. The van der Waals surface area contributed by atoms with E-state index in [2.05, 4.69) is 33.8 Å². The summed E-state index contributed by atoms with van der Waals surface area (Å²) in [4.78, 5) is 12.9. The van der Waals surface area contributed by atoms with Crippen LogP contribution < -0.4 is 16.7 Å². The second-order valence-electron chi connectivity index (χ2n) is 6.82. The average molecular weight is 291 g/mol. The van der Waals surface area contributed by atoms with E-state index in [0.29, 0.717) is 11.7 Å². The lowest BCUT2D eigenvalue weighted by molar-refractivity contribution is 0.104. The summed E-state index contributed by atoms with van der Waals surface area (Å²) in [6.07, 6.45) is 0. The van der Waals surface area contributed by atoms with Gasteiger partial charge in [0.15, 0.2) is 5.78 Å². The number of nitrogen functional groups attached to an aromatic ring is 1. The number of carbonyl (C=O) groups excluding carboxylic acids is 1. The number of nitrogens with two attached hydrogens (primary N) is 1. The molecular formula is C19H22BNO. The molecule has 0 spiro atoms. The van der Waals surface area contributed by atoms with E-state index in [1.165, 1.54) is 0 Å². The maximum Gasteiger partial charge on any atom is 0.216 e. The van der Waals surface area contributed by atoms with Gasteiger partial charge in [-0.25, -0.2) is 0 Å². The fraction of sp³-hybridized carbons (Fsp3) is 0.316. The van der Waals surface area contributed by atoms with E-state index >= 15 is 0 Å². The second-order valence-corrected chi connectivity index (χ2v) is 6.82. The van der Waals surface area contributed by atoms with Crippen LogP contribution in [0, 0.1) is 0 Å². The first-order valence-electron chi connectivity index (χ1n) is 7.99. The van der Waals surface area contributed by atoms with Crippen LogP contribution in [0.15, 0.2) is 36.4 Å². The third-order valence-corrected chi connectivity index (χ3v) is 4.71. The molecule has 2 aromatic carbocycles. The summed E-state index contributed by atoms with van der Waals surface area (Å²) < 4.78 is 0. The molecule has 0 unspecified atom stereocenters. The van der Waals surface area contributed by atoms with Crippen molar-refractivity contribution in [1.29, 1.82) is 0 Å². The number of hydrogen-bond donors (Lipinski definition) is 1. The molecule has 0 saturated heterocycles. The lowest BCUT2D eigenvalue weighted by atomic mass is 9.31. The molecule has 0 saturated carbocycles. The lowest BCUT2D eigenvalue weighted by Crippen LogP contribution is -2.54. The minimum absolute atomic E-state index is 0.101. The van der Waals surface area contributed by atoms with Crippen LogP contribution in [0.2, 0.25) is 5.82 Å². The summed E-state index contributed by atoms with van der Waals surface area (Å²) in [6, 6.07) is 11.9. The van der Waals surface area contributed by atoms with Crippen molar-refractivity contribution in [3.63, 3.8) is 0 Å². The highest BCUT2D eigenvalue weighted by Crippen LogP contribution is 2.27. The zero-order valence-electron chi connectivity index (χ0n) is 13.7. The summed E-state index contributed by atoms with van der Waals surface area (Å²) >= 11 is 0. The molecule has 0 fully saturated rings. The monoisotopic (exact) mass is 291 g/mol. The number of ketones is 1. The molecule has 3 heteroatoms. The van der Waals surface area contributed by atoms with Crippen LogP contribution in [0.4, 0.5) is 5.69 Å². The van der Waals surface area contributed by atoms with E-state index in [1.807, 2.05) is 30.3 Å². The molecular weight excluding hydrogens is 269 g/mol. The Morgan fingerprint density at radius 1 is 0.955 bits per heavy atom. The summed E-state index contributed by atoms with van der Waals surface area (Å²) in [6.45, 7) is 8.86. The Hall–Kier alpha value is -2.03. The van der Waals surface area contributed by atoms with Crippen LogP contribution in [0.1, 0.15) is 55.1 Å². The zero-order valence-corrected chi connectivity index (χ0v) is 13.7. The number of benzene rings is 2. The highest BCUT2D eigenvalue weighted by atomic mass is 16.1. The number of fused-ring (bicyclic) bond motifs is 2. The maximum absolute atomic E-state index is 12.9. The fourth-order valence-corrected chi connectivity index (χ4v) is 3.66. The van der Waals surface area contributed by atoms with Crippen LogP contribution in [-0.2, 0) is 0 Å². The van der Waals surface area contributed by atoms with Gasteiger partial charge < -0.3 is 5.73 Å². The summed E-state index contributed by atoms with van der Waals surface area (Å²) in [5, 5.41) is 0. The van der Waals surface area contributed by atoms with Crippen molar-refractivity contribution >= 4 is 29.1 Å². The molecule has 2 aromatic rings. The maximum atomic E-state index is 12.9. The minimum Gasteiger partial charge on any atom is -0.399 e. The van der Waals surface area contributed by atoms with Gasteiger partial charge >= 0.3 is 0 Å². The molecule has 0 amide bonds. The van der Waals surface area contributed by atoms with Crippen molar-refractivity contribution < 1.29 is 4.79 Å². The van der Waals surface area contributed by atoms with Gasteiger partial charge in [-0.2, -0.15) is 0 Å². The molecule has 22 heavy (non-hydrogen) atoms. The Balaban J connectivity index is 2.33. The van der Waals surface area contributed by atoms with Gasteiger partial charge in [-0.15, -0.1) is 0 Å². The molecule has 2 N–H and O–H groups in total. The Labute approximate surface area is 132 Å². The SMILES string of the molecule is CC(C)B1c2ccccc2C(=O)c2ccc(C(C)C)c(N)c21. The normalized spacial score (nSPS) is 13.5. The van der Waals surface area contributed by atoms with Crippen molar-refractivity contribution in [1.82, 2.24) is 0 Å². The predicted octanol–water partition coefficient (Wildman–Crippen LogP) is 2.96. The molecule has 0 radical (unpaired) electrons. The van der Waals surface area contributed by atoms with Gasteiger partial charge in [0.1, 0.15) is 0 Å². The van der Waals surface area contributed by atoms with Crippen molar-refractivity contribution in [3.8, 4) is 0 Å². The number of anilines is 1. The average Bonchev–Trinajstić information content (AvgIpc) is 2.48. The Morgan fingerprint density at radius 2 is 1.64 bits per heavy atom. The van der Waals surface area contributed by atoms with E-state index in [4.69, 9.17) is 5.73 Å². The van der Waals surface area contributed by atoms with Gasteiger partial charge in [0.25, 0.3) is 0 Å². The highest BCUT2D eigenvalue weighted by Gasteiger charge is 2.37. The standard InChI is InChI=1S/C19H22BNO/c1-11(2)13-9-10-15-17(18(13)21)20(12(3)4)16-8-6-5-7-14(16)19(15)22/h5-12H,21H2,1-4H3. The highest BCUT2D eigenvalue weighted by molar-refractivity contribution is 6.90. The molecule has 0 aromatic heterocycles. The zero-order chi connectivity index (χ0) is 16.0. The Morgan fingerprint density at radius 3 is 2.27 bits per heavy atom. The van der Waals surface area contributed by atoms with Crippen molar-refractivity contribution in [3.05, 3.63) is 53.1 Å². The Kier molecular flexibility index (Phi) is 3.60. The molecule has 1 heterocycles. The first-order chi connectivity index (χ1) is 10.4. The predicted molar refractivity (Wildman–Crippen MR) is 94.9 cm³/mol. The van der Waals surface area contributed by atoms with Gasteiger partial charge in [-0.1, -0.05) is 75.4 Å². The van der Waals surface area contributed by atoms with Crippen molar-refractivity contribution in [2.75, 3.05) is 5.73 Å². The first-order valence-corrected chi connectivity index (χ1v) is 7.99. The van der Waals surface area contributed by atoms with E-state index in [0.717, 1.165) is 33.3 Å². The van der Waals surface area contributed by atoms with E-state index in [-0.39, 0.29) is 12.5 Å². The largest absolute Gasteiger partial charge is 0.399 e. The molecule has 1 aliphatic heterocycles. The fourth-order valence-electron chi connectivity index (χ4n) is 3.66. The Bertz CT molecular complexity index is 749. The summed E-state index contributed by atoms with van der Waals surface area (Å²) in [5.74, 6) is 0.840. The van der Waals surface area contributed by atoms with Gasteiger partial charge in [0.2, 0.25) is 6.71 Å². The van der Waals surface area contributed by atoms with Crippen molar-refractivity contribution in [2.45, 2.75) is 39.4 Å². The van der Waals surface area contributed by atoms with Crippen LogP contribution in [-0.4, -0.2) is 12.5 Å². The summed E-state index contributed by atoms with van der Waals surface area (Å²) in [5.41, 5.74) is 12.2. The van der Waals surface area contributed by atoms with Gasteiger partial charge in [-0.3, -0.25) is 4.79 Å². The number of rotatable bonds is 2. The van der Waals surface area contributed by atoms with Crippen LogP contribution in [0.25, 0.3) is 0 Å². The second kappa shape index (κ2) is 5.31. The smallest absolute Gasteiger partial charge is 0.216 e. The van der Waals surface area contributed by atoms with Gasteiger partial charge in [0, 0.05) is 16.8 Å². The van der Waals surface area contributed by atoms with Crippen LogP contribution >= 0.6 is 0 Å². The third kappa shape index (κ3) is 2.07. The molecule has 0 bridgehead atoms. The van der Waals surface area contributed by atoms with E-state index < -0.39 is 0 Å². The summed E-state index contributed by atoms with van der Waals surface area (Å²) in [7, 11) is 0. The molecule has 0 atom stereocenters. The molecule has 2 nitrogen and oxygen atoms in total. The number of carbonyl (C=O) groups is 1. The lowest BCUT2D eigenvalue weighted by Gasteiger charge is -2.30. The van der Waals surface area contributed by atoms with Gasteiger partial charge in [-0.05, 0) is 16.9 Å². The van der Waals surface area contributed by atoms with E-state index in [1.54, 1.807) is 0 Å². The molecule has 0 aliphatic carbocycles. The van der Waals surface area contributed by atoms with Gasteiger partial charge in [0.05, 0.1) is 0 Å². The van der Waals surface area contributed by atoms with Crippen LogP contribution in [0.5, 0.6) is 0 Å². The van der Waals surface area contributed by atoms with E-state index in [9.17, 15) is 4.79 Å². The first kappa shape index (κ1) is 14.9. The molecule has 3 rings (SSSR count). The number of hydrogen-bond acceptors (Lipinski definition) is 2. The third-order valence-electron chi connectivity index (χ3n) is 4.71. The van der Waals surface area contributed by atoms with Crippen LogP contribution in [0.3, 0.4) is 0 Å². The topological polar surface area (TPSA) is 43.1 Å². The van der Waals surface area contributed by atoms with Crippen molar-refractivity contribution in [2.24, 2.45) is 0 Å². The quantitative estimate of drug-likeness (QED) is 0.683.